The number of aliphatic hydroxyl groups excluding tert-OH is 1. The Morgan fingerprint density at radius 1 is 0.980 bits per heavy atom. The van der Waals surface area contributed by atoms with Gasteiger partial charge in [-0.15, -0.1) is 0 Å². The lowest BCUT2D eigenvalue weighted by molar-refractivity contribution is 0.0544. The number of aromatic nitrogens is 3. The van der Waals surface area contributed by atoms with Gasteiger partial charge in [-0.2, -0.15) is 5.10 Å². The number of anilines is 1. The number of nitrogens with one attached hydrogen (secondary N) is 1. The van der Waals surface area contributed by atoms with Crippen molar-refractivity contribution >= 4 is 40.4 Å². The van der Waals surface area contributed by atoms with Gasteiger partial charge in [-0.05, 0) is 85.7 Å². The molecule has 0 unspecified atom stereocenters. The number of para-hydroxylation sites is 1. The van der Waals surface area contributed by atoms with E-state index in [4.69, 9.17) is 5.10 Å². The molecule has 0 aliphatic carbocycles. The van der Waals surface area contributed by atoms with Crippen molar-refractivity contribution in [1.82, 2.24) is 24.1 Å². The predicted octanol–water partition coefficient (Wildman–Crippen LogP) is 7.39. The van der Waals surface area contributed by atoms with Crippen LogP contribution in [0.1, 0.15) is 77.2 Å². The Morgan fingerprint density at radius 3 is 2.47 bits per heavy atom. The Bertz CT molecular complexity index is 1940. The summed E-state index contributed by atoms with van der Waals surface area (Å²) < 4.78 is 7.29. The maximum Gasteiger partial charge on any atom is 0.274 e. The molecule has 1 aliphatic rings. The van der Waals surface area contributed by atoms with Gasteiger partial charge in [0.25, 0.3) is 11.8 Å². The molecular formula is C39H46N6O3S. The Morgan fingerprint density at radius 2 is 1.73 bits per heavy atom. The van der Waals surface area contributed by atoms with Crippen LogP contribution in [0, 0.1) is 6.92 Å². The van der Waals surface area contributed by atoms with Crippen LogP contribution in [0.2, 0.25) is 0 Å². The fourth-order valence-electron chi connectivity index (χ4n) is 6.61. The first-order valence-corrected chi connectivity index (χ1v) is 18.1. The lowest BCUT2D eigenvalue weighted by Crippen LogP contribution is -2.46. The number of hydrogen-bond acceptors (Lipinski definition) is 6. The van der Waals surface area contributed by atoms with Gasteiger partial charge in [0.05, 0.1) is 34.3 Å². The number of unbranched alkanes of at least 4 members (excludes halogenated alkanes) is 2. The molecule has 0 bridgehead atoms. The van der Waals surface area contributed by atoms with Gasteiger partial charge >= 0.3 is 0 Å². The molecule has 2 N–H and O–H groups in total. The third kappa shape index (κ3) is 7.26. The summed E-state index contributed by atoms with van der Waals surface area (Å²) in [6.07, 6.45) is 6.50. The first-order chi connectivity index (χ1) is 23.8. The highest BCUT2D eigenvalue weighted by atomic mass is 32.2. The van der Waals surface area contributed by atoms with Gasteiger partial charge in [0.2, 0.25) is 0 Å². The number of hydrogen-bond donors (Lipinski definition) is 2. The summed E-state index contributed by atoms with van der Waals surface area (Å²) in [6.45, 7) is 7.80. The van der Waals surface area contributed by atoms with Crippen molar-refractivity contribution in [2.24, 2.45) is 7.05 Å². The van der Waals surface area contributed by atoms with Crippen LogP contribution in [0.5, 0.6) is 0 Å². The minimum Gasteiger partial charge on any atom is -0.394 e. The molecule has 10 heteroatoms. The zero-order valence-electron chi connectivity index (χ0n) is 28.9. The highest BCUT2D eigenvalue weighted by molar-refractivity contribution is 8.00. The van der Waals surface area contributed by atoms with E-state index in [0.717, 1.165) is 64.0 Å². The molecule has 0 saturated carbocycles. The zero-order valence-corrected chi connectivity index (χ0v) is 29.7. The topological polar surface area (TPSA) is 95.6 Å². The second-order valence-electron chi connectivity index (χ2n) is 12.9. The Labute approximate surface area is 293 Å². The van der Waals surface area contributed by atoms with Crippen molar-refractivity contribution in [2.45, 2.75) is 70.4 Å². The van der Waals surface area contributed by atoms with Crippen LogP contribution >= 0.6 is 11.9 Å². The van der Waals surface area contributed by atoms with E-state index in [1.54, 1.807) is 9.58 Å². The van der Waals surface area contributed by atoms with Gasteiger partial charge in [-0.3, -0.25) is 9.59 Å². The maximum absolute atomic E-state index is 14.6. The van der Waals surface area contributed by atoms with Gasteiger partial charge in [0.15, 0.2) is 5.69 Å². The molecule has 2 amide bonds. The fraction of sp³-hybridized carbons (Fsp3) is 0.359. The number of aliphatic hydroxyl groups is 1. The minimum absolute atomic E-state index is 0.0888. The van der Waals surface area contributed by atoms with Gasteiger partial charge in [0, 0.05) is 49.6 Å². The van der Waals surface area contributed by atoms with E-state index in [2.05, 4.69) is 47.4 Å². The summed E-state index contributed by atoms with van der Waals surface area (Å²) in [5, 5.41) is 16.4. The highest BCUT2D eigenvalue weighted by Gasteiger charge is 2.32. The maximum atomic E-state index is 14.6. The van der Waals surface area contributed by atoms with Crippen LogP contribution in [0.15, 0.2) is 83.9 Å². The van der Waals surface area contributed by atoms with Crippen molar-refractivity contribution in [3.05, 3.63) is 107 Å². The third-order valence-corrected chi connectivity index (χ3v) is 10.3. The highest BCUT2D eigenvalue weighted by Crippen LogP contribution is 2.32. The largest absolute Gasteiger partial charge is 0.394 e. The molecule has 3 heterocycles. The second-order valence-corrected chi connectivity index (χ2v) is 13.7. The van der Waals surface area contributed by atoms with Gasteiger partial charge < -0.3 is 24.2 Å². The molecule has 6 rings (SSSR count). The summed E-state index contributed by atoms with van der Waals surface area (Å²) in [7, 11) is 2.03. The van der Waals surface area contributed by atoms with Crippen molar-refractivity contribution in [1.29, 1.82) is 0 Å². The lowest BCUT2D eigenvalue weighted by atomic mass is 9.93. The minimum atomic E-state index is -0.363. The first-order valence-electron chi connectivity index (χ1n) is 17.3. The Kier molecular flexibility index (Phi) is 10.7. The number of carbonyl (C=O) groups excluding carboxylic acids is 2. The number of fused-ring (bicyclic) bond motifs is 2. The molecule has 3 aromatic carbocycles. The van der Waals surface area contributed by atoms with Crippen LogP contribution in [0.25, 0.3) is 16.6 Å². The van der Waals surface area contributed by atoms with Crippen LogP contribution in [-0.2, 0) is 20.0 Å². The van der Waals surface area contributed by atoms with E-state index in [-0.39, 0.29) is 24.5 Å². The average Bonchev–Trinajstić information content (AvgIpc) is 3.71. The average molecular weight is 679 g/mol. The van der Waals surface area contributed by atoms with Crippen LogP contribution in [-0.4, -0.2) is 66.8 Å². The van der Waals surface area contributed by atoms with Crippen LogP contribution < -0.4 is 4.72 Å². The van der Waals surface area contributed by atoms with E-state index in [0.29, 0.717) is 43.0 Å². The molecule has 5 aromatic rings. The van der Waals surface area contributed by atoms with Gasteiger partial charge in [-0.1, -0.05) is 63.1 Å². The van der Waals surface area contributed by atoms with E-state index in [9.17, 15) is 14.7 Å². The van der Waals surface area contributed by atoms with Crippen molar-refractivity contribution in [2.75, 3.05) is 24.4 Å². The van der Waals surface area contributed by atoms with Crippen molar-refractivity contribution < 1.29 is 14.7 Å². The van der Waals surface area contributed by atoms with E-state index >= 15 is 0 Å². The summed E-state index contributed by atoms with van der Waals surface area (Å²) in [4.78, 5) is 33.1. The first kappa shape index (κ1) is 34.3. The number of nitrogens with zero attached hydrogens (tertiary/aromatic N) is 5. The monoisotopic (exact) mass is 678 g/mol. The van der Waals surface area contributed by atoms with Crippen molar-refractivity contribution in [3.8, 4) is 5.69 Å². The van der Waals surface area contributed by atoms with Crippen LogP contribution in [0.4, 0.5) is 5.69 Å². The second kappa shape index (κ2) is 15.3. The molecule has 0 saturated heterocycles. The van der Waals surface area contributed by atoms with Crippen LogP contribution in [0.3, 0.4) is 0 Å². The zero-order chi connectivity index (χ0) is 34.5. The molecular weight excluding hydrogens is 633 g/mol. The van der Waals surface area contributed by atoms with E-state index in [1.807, 2.05) is 73.6 Å². The fourth-order valence-corrected chi connectivity index (χ4v) is 7.47. The van der Waals surface area contributed by atoms with Gasteiger partial charge in [0.1, 0.15) is 0 Å². The summed E-state index contributed by atoms with van der Waals surface area (Å²) in [5.41, 5.74) is 6.27. The quantitative estimate of drug-likeness (QED) is 0.126. The molecule has 1 aliphatic heterocycles. The van der Waals surface area contributed by atoms with E-state index < -0.39 is 0 Å². The molecule has 256 valence electrons. The lowest BCUT2D eigenvalue weighted by Gasteiger charge is -2.36. The molecule has 0 fully saturated rings. The standard InChI is InChI=1S/C39H46N6O3S/c1-5-7-19-43(20-8-6-2)39(48)34-22-27(3)45(40-34)35-17-16-31(41-49-36-15-11-14-28-18-21-42(4)37(28)36)24-33(35)38(47)44-25-30-13-10-9-12-29(30)23-32(44)26-46/h9-18,21-22,24,32,41,46H,5-8,19-20,23,25-26H2,1-4H3/t32-/m0/s1. The van der Waals surface area contributed by atoms with E-state index in [1.165, 1.54) is 11.9 Å². The molecule has 0 radical (unpaired) electrons. The SMILES string of the molecule is CCCCN(CCCC)C(=O)c1cc(C)n(-c2ccc(NSc3cccc4ccn(C)c34)cc2C(=O)N2Cc3ccccc3C[C@H]2CO)n1. The number of carbonyl (C=O) groups is 2. The third-order valence-electron chi connectivity index (χ3n) is 9.38. The van der Waals surface area contributed by atoms with Crippen molar-refractivity contribution in [3.63, 3.8) is 0 Å². The number of rotatable bonds is 13. The molecule has 2 aromatic heterocycles. The summed E-state index contributed by atoms with van der Waals surface area (Å²) >= 11 is 1.49. The molecule has 0 spiro atoms. The molecule has 1 atom stereocenters. The number of aryl methyl sites for hydroxylation is 2. The summed E-state index contributed by atoms with van der Waals surface area (Å²) in [6, 6.07) is 23.5. The normalized spacial score (nSPS) is 14.2. The molecule has 9 nitrogen and oxygen atoms in total. The predicted molar refractivity (Wildman–Crippen MR) is 197 cm³/mol. The Balaban J connectivity index is 1.37. The number of amides is 2. The summed E-state index contributed by atoms with van der Waals surface area (Å²) in [5.74, 6) is -0.286. The van der Waals surface area contributed by atoms with Gasteiger partial charge in [-0.25, -0.2) is 4.68 Å². The molecule has 49 heavy (non-hydrogen) atoms. The Hall–Kier alpha value is -4.54. The number of benzene rings is 3. The smallest absolute Gasteiger partial charge is 0.274 e.